The van der Waals surface area contributed by atoms with Crippen molar-refractivity contribution < 1.29 is 9.84 Å². The molecule has 6 heteroatoms. The molecular formula is C18H24N4O2. The molecule has 1 aromatic heterocycles. The number of hydrogen-bond acceptors (Lipinski definition) is 6. The second kappa shape index (κ2) is 6.75. The van der Waals surface area contributed by atoms with Gasteiger partial charge >= 0.3 is 0 Å². The smallest absolute Gasteiger partial charge is 0.144 e. The van der Waals surface area contributed by atoms with Gasteiger partial charge in [0.25, 0.3) is 0 Å². The summed E-state index contributed by atoms with van der Waals surface area (Å²) < 4.78 is 5.20. The average molecular weight is 328 g/mol. The number of benzene rings is 1. The van der Waals surface area contributed by atoms with Crippen molar-refractivity contribution in [3.8, 4) is 5.75 Å². The summed E-state index contributed by atoms with van der Waals surface area (Å²) >= 11 is 0. The summed E-state index contributed by atoms with van der Waals surface area (Å²) in [7, 11) is 1.64. The fourth-order valence-electron chi connectivity index (χ4n) is 3.45. The molecule has 3 rings (SSSR count). The quantitative estimate of drug-likeness (QED) is 0.872. The molecular weight excluding hydrogens is 304 g/mol. The number of aliphatic hydroxyl groups is 1. The summed E-state index contributed by atoms with van der Waals surface area (Å²) in [5, 5.41) is 11.2. The Morgan fingerprint density at radius 3 is 2.75 bits per heavy atom. The first-order chi connectivity index (χ1) is 11.5. The Morgan fingerprint density at radius 1 is 1.33 bits per heavy atom. The van der Waals surface area contributed by atoms with Crippen molar-refractivity contribution >= 4 is 5.82 Å². The van der Waals surface area contributed by atoms with Crippen LogP contribution in [0, 0.1) is 0 Å². The fraction of sp³-hybridized carbons (Fsp3) is 0.444. The normalized spacial score (nSPS) is 20.7. The summed E-state index contributed by atoms with van der Waals surface area (Å²) in [5.41, 5.74) is 5.67. The predicted octanol–water partition coefficient (Wildman–Crippen LogP) is 1.94. The lowest BCUT2D eigenvalue weighted by atomic mass is 9.86. The predicted molar refractivity (Wildman–Crippen MR) is 92.4 cm³/mol. The number of likely N-dealkylation sites (tertiary alicyclic amines) is 1. The molecule has 0 saturated carbocycles. The highest BCUT2D eigenvalue weighted by Crippen LogP contribution is 2.35. The van der Waals surface area contributed by atoms with Gasteiger partial charge in [-0.3, -0.25) is 4.90 Å². The van der Waals surface area contributed by atoms with E-state index in [2.05, 4.69) is 14.9 Å². The molecule has 3 N–H and O–H groups in total. The standard InChI is InChI=1S/C18H24N4O2/c1-18(23,13-5-7-14(24-2)8-6-13)15-4-3-11-22(15)12-17-20-10-9-16(19)21-17/h5-10,15,23H,3-4,11-12H2,1-2H3,(H2,19,20,21)/t15-,18+/m0/s1. The largest absolute Gasteiger partial charge is 0.497 e. The van der Waals surface area contributed by atoms with E-state index in [1.807, 2.05) is 31.2 Å². The van der Waals surface area contributed by atoms with Gasteiger partial charge < -0.3 is 15.6 Å². The summed E-state index contributed by atoms with van der Waals surface area (Å²) in [6, 6.07) is 9.29. The Kier molecular flexibility index (Phi) is 4.69. The highest BCUT2D eigenvalue weighted by Gasteiger charge is 2.40. The minimum absolute atomic E-state index is 0.0101. The van der Waals surface area contributed by atoms with Crippen LogP contribution in [0.1, 0.15) is 31.2 Å². The fourth-order valence-corrected chi connectivity index (χ4v) is 3.45. The molecule has 2 atom stereocenters. The van der Waals surface area contributed by atoms with E-state index in [4.69, 9.17) is 10.5 Å². The molecule has 1 aromatic carbocycles. The third-order valence-corrected chi connectivity index (χ3v) is 4.76. The Hall–Kier alpha value is -2.18. The van der Waals surface area contributed by atoms with Crippen molar-refractivity contribution in [2.75, 3.05) is 19.4 Å². The first-order valence-electron chi connectivity index (χ1n) is 8.19. The van der Waals surface area contributed by atoms with E-state index in [1.165, 1.54) is 0 Å². The van der Waals surface area contributed by atoms with Crippen LogP contribution in [-0.2, 0) is 12.1 Å². The van der Waals surface area contributed by atoms with Crippen molar-refractivity contribution in [1.29, 1.82) is 0 Å². The second-order valence-electron chi connectivity index (χ2n) is 6.40. The van der Waals surface area contributed by atoms with E-state index in [-0.39, 0.29) is 6.04 Å². The van der Waals surface area contributed by atoms with Crippen LogP contribution in [0.3, 0.4) is 0 Å². The molecule has 1 aliphatic rings. The van der Waals surface area contributed by atoms with Gasteiger partial charge in [-0.05, 0) is 50.1 Å². The zero-order valence-electron chi connectivity index (χ0n) is 14.1. The number of nitrogens with zero attached hydrogens (tertiary/aromatic N) is 3. The first kappa shape index (κ1) is 16.7. The topological polar surface area (TPSA) is 84.5 Å². The van der Waals surface area contributed by atoms with Gasteiger partial charge in [0.05, 0.1) is 13.7 Å². The summed E-state index contributed by atoms with van der Waals surface area (Å²) in [6.45, 7) is 3.37. The molecule has 6 nitrogen and oxygen atoms in total. The molecule has 128 valence electrons. The van der Waals surface area contributed by atoms with Crippen LogP contribution in [0.5, 0.6) is 5.75 Å². The molecule has 2 aromatic rings. The van der Waals surface area contributed by atoms with E-state index < -0.39 is 5.60 Å². The van der Waals surface area contributed by atoms with Crippen molar-refractivity contribution in [2.24, 2.45) is 0 Å². The molecule has 0 unspecified atom stereocenters. The highest BCUT2D eigenvalue weighted by molar-refractivity contribution is 5.32. The van der Waals surface area contributed by atoms with Crippen LogP contribution in [0.2, 0.25) is 0 Å². The van der Waals surface area contributed by atoms with Gasteiger partial charge in [-0.15, -0.1) is 0 Å². The average Bonchev–Trinajstić information content (AvgIpc) is 3.04. The van der Waals surface area contributed by atoms with Crippen LogP contribution >= 0.6 is 0 Å². The summed E-state index contributed by atoms with van der Waals surface area (Å²) in [4.78, 5) is 10.8. The number of anilines is 1. The van der Waals surface area contributed by atoms with Crippen molar-refractivity contribution in [1.82, 2.24) is 14.9 Å². The van der Waals surface area contributed by atoms with Crippen LogP contribution in [-0.4, -0.2) is 39.7 Å². The van der Waals surface area contributed by atoms with Crippen molar-refractivity contribution in [2.45, 2.75) is 38.0 Å². The lowest BCUT2D eigenvalue weighted by molar-refractivity contribution is -0.0261. The first-order valence-corrected chi connectivity index (χ1v) is 8.19. The summed E-state index contributed by atoms with van der Waals surface area (Å²) in [6.07, 6.45) is 3.64. The van der Waals surface area contributed by atoms with Crippen LogP contribution in [0.4, 0.5) is 5.82 Å². The SMILES string of the molecule is COc1ccc([C@@](C)(O)[C@@H]2CCCN2Cc2nccc(N)n2)cc1. The number of rotatable bonds is 5. The molecule has 0 aliphatic carbocycles. The lowest BCUT2D eigenvalue weighted by Gasteiger charge is -2.36. The Labute approximate surface area is 142 Å². The third kappa shape index (κ3) is 3.34. The number of nitrogen functional groups attached to an aromatic ring is 1. The maximum Gasteiger partial charge on any atom is 0.144 e. The number of nitrogens with two attached hydrogens (primary N) is 1. The molecule has 1 saturated heterocycles. The minimum Gasteiger partial charge on any atom is -0.497 e. The van der Waals surface area contributed by atoms with E-state index >= 15 is 0 Å². The highest BCUT2D eigenvalue weighted by atomic mass is 16.5. The van der Waals surface area contributed by atoms with Gasteiger partial charge in [0.1, 0.15) is 23.0 Å². The molecule has 24 heavy (non-hydrogen) atoms. The maximum atomic E-state index is 11.2. The Morgan fingerprint density at radius 2 is 2.08 bits per heavy atom. The van der Waals surface area contributed by atoms with Crippen molar-refractivity contribution in [3.05, 3.63) is 47.9 Å². The van der Waals surface area contributed by atoms with Gasteiger partial charge in [0.15, 0.2) is 0 Å². The molecule has 1 aliphatic heterocycles. The molecule has 0 spiro atoms. The Balaban J connectivity index is 1.80. The molecule has 0 radical (unpaired) electrons. The molecule has 1 fully saturated rings. The molecule has 0 amide bonds. The van der Waals surface area contributed by atoms with Crippen molar-refractivity contribution in [3.63, 3.8) is 0 Å². The number of aromatic nitrogens is 2. The minimum atomic E-state index is -0.955. The zero-order chi connectivity index (χ0) is 17.2. The van der Waals surface area contributed by atoms with Gasteiger partial charge in [-0.1, -0.05) is 12.1 Å². The van der Waals surface area contributed by atoms with Gasteiger partial charge in [0, 0.05) is 12.2 Å². The van der Waals surface area contributed by atoms with E-state index in [1.54, 1.807) is 19.4 Å². The third-order valence-electron chi connectivity index (χ3n) is 4.76. The molecule has 2 heterocycles. The number of methoxy groups -OCH3 is 1. The molecule has 0 bridgehead atoms. The number of hydrogen-bond donors (Lipinski definition) is 2. The van der Waals surface area contributed by atoms with E-state index in [0.29, 0.717) is 18.2 Å². The second-order valence-corrected chi connectivity index (χ2v) is 6.40. The van der Waals surface area contributed by atoms with E-state index in [9.17, 15) is 5.11 Å². The Bertz CT molecular complexity index is 688. The van der Waals surface area contributed by atoms with Gasteiger partial charge in [-0.2, -0.15) is 0 Å². The summed E-state index contributed by atoms with van der Waals surface area (Å²) in [5.74, 6) is 1.94. The van der Waals surface area contributed by atoms with Gasteiger partial charge in [-0.25, -0.2) is 9.97 Å². The zero-order valence-corrected chi connectivity index (χ0v) is 14.1. The van der Waals surface area contributed by atoms with Crippen LogP contribution in [0.25, 0.3) is 0 Å². The maximum absolute atomic E-state index is 11.2. The van der Waals surface area contributed by atoms with E-state index in [0.717, 1.165) is 30.7 Å². The number of ether oxygens (including phenoxy) is 1. The van der Waals surface area contributed by atoms with Crippen LogP contribution < -0.4 is 10.5 Å². The van der Waals surface area contributed by atoms with Gasteiger partial charge in [0.2, 0.25) is 0 Å². The monoisotopic (exact) mass is 328 g/mol. The van der Waals surface area contributed by atoms with Crippen LogP contribution in [0.15, 0.2) is 36.5 Å². The lowest BCUT2D eigenvalue weighted by Crippen LogP contribution is -2.45.